The lowest BCUT2D eigenvalue weighted by Crippen LogP contribution is -2.05. The van der Waals surface area contributed by atoms with Gasteiger partial charge in [0, 0.05) is 43.9 Å². The molecule has 57 heavy (non-hydrogen) atoms. The zero-order chi connectivity index (χ0) is 37.5. The SMILES string of the molecule is c1ccc(-c2nc(-n3c4ccccc4c4ccccc43)nc3c2c2cc(-c4ccc5c(c4)c4ccccc4n5-c4ccccc4)ccc2n3-c2ccccc2)cc1. The zero-order valence-electron chi connectivity index (χ0n) is 30.8. The quantitative estimate of drug-likeness (QED) is 0.177. The van der Waals surface area contributed by atoms with Crippen LogP contribution >= 0.6 is 0 Å². The Bertz CT molecular complexity index is 3450. The molecule has 0 spiro atoms. The minimum Gasteiger partial charge on any atom is -0.309 e. The van der Waals surface area contributed by atoms with Crippen molar-refractivity contribution in [1.82, 2.24) is 23.7 Å². The van der Waals surface area contributed by atoms with Crippen LogP contribution in [0.15, 0.2) is 200 Å². The van der Waals surface area contributed by atoms with Crippen LogP contribution in [0.4, 0.5) is 0 Å². The number of benzene rings is 8. The van der Waals surface area contributed by atoms with Crippen LogP contribution in [0.5, 0.6) is 0 Å². The molecule has 0 bridgehead atoms. The number of hydrogen-bond acceptors (Lipinski definition) is 2. The Hall–Kier alpha value is -7.76. The van der Waals surface area contributed by atoms with E-state index in [1.165, 1.54) is 32.6 Å². The average molecular weight is 728 g/mol. The highest BCUT2D eigenvalue weighted by atomic mass is 15.2. The van der Waals surface area contributed by atoms with Crippen molar-refractivity contribution in [1.29, 1.82) is 0 Å². The molecular weight excluding hydrogens is 695 g/mol. The second kappa shape index (κ2) is 12.4. The summed E-state index contributed by atoms with van der Waals surface area (Å²) in [6, 6.07) is 71.3. The molecule has 4 aromatic heterocycles. The molecule has 12 aromatic rings. The van der Waals surface area contributed by atoms with Gasteiger partial charge in [-0.3, -0.25) is 9.13 Å². The molecular formula is C52H33N5. The van der Waals surface area contributed by atoms with Gasteiger partial charge in [0.25, 0.3) is 0 Å². The predicted octanol–water partition coefficient (Wildman–Crippen LogP) is 13.1. The maximum absolute atomic E-state index is 5.54. The maximum atomic E-state index is 5.54. The van der Waals surface area contributed by atoms with E-state index < -0.39 is 0 Å². The second-order valence-corrected chi connectivity index (χ2v) is 14.6. The summed E-state index contributed by atoms with van der Waals surface area (Å²) in [6.07, 6.45) is 0. The van der Waals surface area contributed by atoms with Crippen LogP contribution in [0, 0.1) is 0 Å². The third-order valence-electron chi connectivity index (χ3n) is 11.5. The van der Waals surface area contributed by atoms with Gasteiger partial charge in [0.05, 0.1) is 38.7 Å². The van der Waals surface area contributed by atoms with Crippen LogP contribution in [0.3, 0.4) is 0 Å². The highest BCUT2D eigenvalue weighted by Gasteiger charge is 2.23. The molecule has 0 saturated heterocycles. The molecule has 8 aromatic carbocycles. The van der Waals surface area contributed by atoms with Crippen molar-refractivity contribution in [3.8, 4) is 39.7 Å². The molecule has 0 saturated carbocycles. The maximum Gasteiger partial charge on any atom is 0.237 e. The number of rotatable bonds is 5. The van der Waals surface area contributed by atoms with Gasteiger partial charge in [-0.1, -0.05) is 133 Å². The number of para-hydroxylation sites is 5. The first-order valence-corrected chi connectivity index (χ1v) is 19.3. The van der Waals surface area contributed by atoms with Crippen molar-refractivity contribution in [2.45, 2.75) is 0 Å². The van der Waals surface area contributed by atoms with Crippen LogP contribution in [-0.4, -0.2) is 23.7 Å². The molecule has 0 fully saturated rings. The van der Waals surface area contributed by atoms with Gasteiger partial charge in [0.15, 0.2) is 5.65 Å². The summed E-state index contributed by atoms with van der Waals surface area (Å²) in [7, 11) is 0. The van der Waals surface area contributed by atoms with Gasteiger partial charge in [-0.05, 0) is 77.9 Å². The first kappa shape index (κ1) is 31.6. The number of hydrogen-bond donors (Lipinski definition) is 0. The lowest BCUT2D eigenvalue weighted by Gasteiger charge is -2.12. The molecule has 0 radical (unpaired) electrons. The third-order valence-corrected chi connectivity index (χ3v) is 11.5. The monoisotopic (exact) mass is 727 g/mol. The molecule has 0 unspecified atom stereocenters. The minimum atomic E-state index is 0.638. The highest BCUT2D eigenvalue weighted by Crippen LogP contribution is 2.41. The standard InChI is InChI=1S/C52H33N5/c1-4-16-34(17-5-1)50-49-43-33-36(35-28-30-47-42(32-35)41-24-12-13-25-44(41)55(47)37-18-6-2-7-19-37)29-31-48(43)56(38-20-8-3-9-21-38)51(49)54-52(53-50)57-45-26-14-10-22-39(45)40-23-11-15-27-46(40)57/h1-33H. The molecule has 4 heterocycles. The molecule has 12 rings (SSSR count). The second-order valence-electron chi connectivity index (χ2n) is 14.6. The van der Waals surface area contributed by atoms with Crippen molar-refractivity contribution < 1.29 is 0 Å². The Labute approximate surface area is 328 Å². The Morgan fingerprint density at radius 3 is 1.33 bits per heavy atom. The minimum absolute atomic E-state index is 0.638. The van der Waals surface area contributed by atoms with Gasteiger partial charge in [-0.15, -0.1) is 0 Å². The Kier molecular flexibility index (Phi) is 6.86. The van der Waals surface area contributed by atoms with Gasteiger partial charge >= 0.3 is 0 Å². The molecule has 0 amide bonds. The van der Waals surface area contributed by atoms with Gasteiger partial charge < -0.3 is 4.57 Å². The van der Waals surface area contributed by atoms with Gasteiger partial charge in [0.2, 0.25) is 5.95 Å². The summed E-state index contributed by atoms with van der Waals surface area (Å²) in [4.78, 5) is 11.1. The molecule has 0 aliphatic heterocycles. The summed E-state index contributed by atoms with van der Waals surface area (Å²) in [5.41, 5.74) is 12.9. The van der Waals surface area contributed by atoms with E-state index in [9.17, 15) is 0 Å². The Balaban J connectivity index is 1.16. The van der Waals surface area contributed by atoms with E-state index in [4.69, 9.17) is 9.97 Å². The van der Waals surface area contributed by atoms with Crippen molar-refractivity contribution >= 4 is 65.5 Å². The van der Waals surface area contributed by atoms with Crippen molar-refractivity contribution in [3.63, 3.8) is 0 Å². The summed E-state index contributed by atoms with van der Waals surface area (Å²) < 4.78 is 6.88. The first-order valence-electron chi connectivity index (χ1n) is 19.3. The summed E-state index contributed by atoms with van der Waals surface area (Å²) in [6.45, 7) is 0. The zero-order valence-corrected chi connectivity index (χ0v) is 30.8. The molecule has 0 atom stereocenters. The van der Waals surface area contributed by atoms with Crippen molar-refractivity contribution in [2.24, 2.45) is 0 Å². The van der Waals surface area contributed by atoms with Crippen LogP contribution in [-0.2, 0) is 0 Å². The van der Waals surface area contributed by atoms with E-state index in [1.54, 1.807) is 0 Å². The number of fused-ring (bicyclic) bond motifs is 9. The van der Waals surface area contributed by atoms with E-state index in [1.807, 2.05) is 0 Å². The third kappa shape index (κ3) is 4.76. The first-order chi connectivity index (χ1) is 28.3. The lowest BCUT2D eigenvalue weighted by atomic mass is 9.99. The molecule has 0 aliphatic rings. The fourth-order valence-electron chi connectivity index (χ4n) is 8.96. The van der Waals surface area contributed by atoms with Crippen molar-refractivity contribution in [2.75, 3.05) is 0 Å². The largest absolute Gasteiger partial charge is 0.309 e. The van der Waals surface area contributed by atoms with Crippen LogP contribution in [0.2, 0.25) is 0 Å². The molecule has 5 heteroatoms. The summed E-state index contributed by atoms with van der Waals surface area (Å²) in [5, 5.41) is 6.93. The summed E-state index contributed by atoms with van der Waals surface area (Å²) >= 11 is 0. The van der Waals surface area contributed by atoms with E-state index in [0.29, 0.717) is 5.95 Å². The topological polar surface area (TPSA) is 40.6 Å². The summed E-state index contributed by atoms with van der Waals surface area (Å²) in [5.74, 6) is 0.638. The highest BCUT2D eigenvalue weighted by molar-refractivity contribution is 6.16. The smallest absolute Gasteiger partial charge is 0.237 e. The number of nitrogens with zero attached hydrogens (tertiary/aromatic N) is 5. The molecule has 266 valence electrons. The Morgan fingerprint density at radius 1 is 0.298 bits per heavy atom. The van der Waals surface area contributed by atoms with Crippen LogP contribution in [0.25, 0.3) is 105 Å². The Morgan fingerprint density at radius 2 is 0.737 bits per heavy atom. The van der Waals surface area contributed by atoms with Gasteiger partial charge in [-0.25, -0.2) is 4.98 Å². The average Bonchev–Trinajstić information content (AvgIpc) is 3.92. The predicted molar refractivity (Wildman–Crippen MR) is 236 cm³/mol. The van der Waals surface area contributed by atoms with E-state index in [-0.39, 0.29) is 0 Å². The molecule has 5 nitrogen and oxygen atoms in total. The van der Waals surface area contributed by atoms with Gasteiger partial charge in [-0.2, -0.15) is 4.98 Å². The number of aromatic nitrogens is 5. The van der Waals surface area contributed by atoms with Crippen molar-refractivity contribution in [3.05, 3.63) is 200 Å². The van der Waals surface area contributed by atoms with Crippen LogP contribution < -0.4 is 0 Å². The van der Waals surface area contributed by atoms with Crippen LogP contribution in [0.1, 0.15) is 0 Å². The fraction of sp³-hybridized carbons (Fsp3) is 0. The lowest BCUT2D eigenvalue weighted by molar-refractivity contribution is 0.994. The van der Waals surface area contributed by atoms with E-state index >= 15 is 0 Å². The molecule has 0 N–H and O–H groups in total. The molecule has 0 aliphatic carbocycles. The van der Waals surface area contributed by atoms with Gasteiger partial charge in [0.1, 0.15) is 0 Å². The fourth-order valence-corrected chi connectivity index (χ4v) is 8.96. The van der Waals surface area contributed by atoms with E-state index in [2.05, 4.69) is 214 Å². The normalized spacial score (nSPS) is 11.9. The van der Waals surface area contributed by atoms with E-state index in [0.717, 1.165) is 66.7 Å².